The molecule has 9 nitrogen and oxygen atoms in total. The summed E-state index contributed by atoms with van der Waals surface area (Å²) in [5.41, 5.74) is 1.44. The molecule has 0 saturated carbocycles. The normalized spacial score (nSPS) is 11.2. The molecule has 3 amide bonds. The fourth-order valence-corrected chi connectivity index (χ4v) is 3.76. The molecule has 0 radical (unpaired) electrons. The number of nitrogens with one attached hydrogen (secondary N) is 3. The number of thioether (sulfide) groups is 1. The number of carbonyl (C=O) groups excluding carboxylic acids is 3. The van der Waals surface area contributed by atoms with Crippen molar-refractivity contribution in [2.75, 3.05) is 23.4 Å². The number of para-hydroxylation sites is 1. The number of benzene rings is 2. The van der Waals surface area contributed by atoms with Crippen LogP contribution in [0, 0.1) is 0 Å². The third kappa shape index (κ3) is 11.4. The van der Waals surface area contributed by atoms with Gasteiger partial charge in [0.25, 0.3) is 0 Å². The Morgan fingerprint density at radius 2 is 1.62 bits per heavy atom. The van der Waals surface area contributed by atoms with Crippen molar-refractivity contribution >= 4 is 41.3 Å². The van der Waals surface area contributed by atoms with Crippen LogP contribution in [0.15, 0.2) is 60.7 Å². The van der Waals surface area contributed by atoms with Crippen LogP contribution in [0.1, 0.15) is 24.8 Å². The summed E-state index contributed by atoms with van der Waals surface area (Å²) < 4.78 is 5.24. The molecule has 0 spiro atoms. The van der Waals surface area contributed by atoms with E-state index < -0.39 is 18.1 Å². The van der Waals surface area contributed by atoms with E-state index >= 15 is 0 Å². The summed E-state index contributed by atoms with van der Waals surface area (Å²) in [6.45, 7) is 0.182. The van der Waals surface area contributed by atoms with Crippen LogP contribution in [0.25, 0.3) is 0 Å². The zero-order valence-corrected chi connectivity index (χ0v) is 19.5. The molecule has 0 unspecified atom stereocenters. The molecule has 10 heteroatoms. The third-order valence-corrected chi connectivity index (χ3v) is 5.65. The van der Waals surface area contributed by atoms with E-state index in [0.29, 0.717) is 23.6 Å². The smallest absolute Gasteiger partial charge is 0.408 e. The Labute approximate surface area is 202 Å². The molecule has 34 heavy (non-hydrogen) atoms. The molecular weight excluding hydrogens is 458 g/mol. The number of anilines is 1. The van der Waals surface area contributed by atoms with Gasteiger partial charge in [-0.1, -0.05) is 48.5 Å². The van der Waals surface area contributed by atoms with E-state index in [1.54, 1.807) is 24.3 Å². The van der Waals surface area contributed by atoms with Crippen molar-refractivity contribution in [2.45, 2.75) is 31.9 Å². The first-order valence-electron chi connectivity index (χ1n) is 10.8. The fraction of sp³-hybridized carbons (Fsp3) is 0.333. The van der Waals surface area contributed by atoms with Gasteiger partial charge in [-0.05, 0) is 29.9 Å². The van der Waals surface area contributed by atoms with Gasteiger partial charge in [0.1, 0.15) is 12.6 Å². The second kappa shape index (κ2) is 15.3. The Hall–Kier alpha value is -3.53. The number of alkyl carbamates (subject to hydrolysis) is 1. The minimum atomic E-state index is -0.967. The summed E-state index contributed by atoms with van der Waals surface area (Å²) in [6.07, 6.45) is -0.0182. The van der Waals surface area contributed by atoms with Gasteiger partial charge < -0.3 is 25.8 Å². The van der Waals surface area contributed by atoms with E-state index in [4.69, 9.17) is 9.84 Å². The summed E-state index contributed by atoms with van der Waals surface area (Å²) in [6, 6.07) is 17.3. The maximum absolute atomic E-state index is 12.8. The number of rotatable bonds is 14. The molecule has 0 saturated heterocycles. The van der Waals surface area contributed by atoms with Gasteiger partial charge in [0, 0.05) is 24.4 Å². The highest BCUT2D eigenvalue weighted by Crippen LogP contribution is 2.11. The summed E-state index contributed by atoms with van der Waals surface area (Å²) in [5.74, 6) is -0.683. The first-order valence-corrected chi connectivity index (χ1v) is 12.0. The van der Waals surface area contributed by atoms with Crippen molar-refractivity contribution in [3.63, 3.8) is 0 Å². The summed E-state index contributed by atoms with van der Waals surface area (Å²) in [7, 11) is 0. The molecule has 0 fully saturated rings. The third-order valence-electron chi connectivity index (χ3n) is 4.50. The molecule has 4 N–H and O–H groups in total. The van der Waals surface area contributed by atoms with Crippen LogP contribution in [-0.4, -0.2) is 53.1 Å². The summed E-state index contributed by atoms with van der Waals surface area (Å²) in [5, 5.41) is 16.5. The molecule has 0 aliphatic heterocycles. The average Bonchev–Trinajstić information content (AvgIpc) is 2.83. The second-order valence-electron chi connectivity index (χ2n) is 7.29. The molecule has 0 heterocycles. The van der Waals surface area contributed by atoms with Gasteiger partial charge in [0.15, 0.2) is 0 Å². The lowest BCUT2D eigenvalue weighted by atomic mass is 10.2. The summed E-state index contributed by atoms with van der Waals surface area (Å²) in [4.78, 5) is 47.2. The second-order valence-corrected chi connectivity index (χ2v) is 8.44. The highest BCUT2D eigenvalue weighted by molar-refractivity contribution is 7.99. The quantitative estimate of drug-likeness (QED) is 0.301. The van der Waals surface area contributed by atoms with E-state index in [-0.39, 0.29) is 37.8 Å². The lowest BCUT2D eigenvalue weighted by molar-refractivity contribution is -0.137. The van der Waals surface area contributed by atoms with Crippen molar-refractivity contribution in [3.05, 3.63) is 66.2 Å². The summed E-state index contributed by atoms with van der Waals surface area (Å²) >= 11 is 1.42. The van der Waals surface area contributed by atoms with Crippen molar-refractivity contribution in [1.29, 1.82) is 0 Å². The first-order chi connectivity index (χ1) is 16.4. The predicted octanol–water partition coefficient (Wildman–Crippen LogP) is 3.02. The minimum absolute atomic E-state index is 0.0871. The van der Waals surface area contributed by atoms with E-state index in [0.717, 1.165) is 5.56 Å². The largest absolute Gasteiger partial charge is 0.481 e. The van der Waals surface area contributed by atoms with Gasteiger partial charge >= 0.3 is 12.1 Å². The van der Waals surface area contributed by atoms with E-state index in [1.165, 1.54) is 11.8 Å². The number of carboxylic acid groups (broad SMARTS) is 1. The van der Waals surface area contributed by atoms with Gasteiger partial charge in [-0.15, -0.1) is 0 Å². The Balaban J connectivity index is 1.80. The van der Waals surface area contributed by atoms with Gasteiger partial charge in [-0.2, -0.15) is 11.8 Å². The zero-order chi connectivity index (χ0) is 24.6. The molecule has 1 atom stereocenters. The van der Waals surface area contributed by atoms with Gasteiger partial charge in [0.05, 0.1) is 6.42 Å². The molecule has 2 aromatic rings. The number of hydrogen-bond donors (Lipinski definition) is 4. The van der Waals surface area contributed by atoms with Crippen LogP contribution >= 0.6 is 11.8 Å². The minimum Gasteiger partial charge on any atom is -0.481 e. The average molecular weight is 488 g/mol. The van der Waals surface area contributed by atoms with Crippen LogP contribution in [0.3, 0.4) is 0 Å². The molecule has 0 aliphatic carbocycles. The lowest BCUT2D eigenvalue weighted by Crippen LogP contribution is -2.45. The maximum atomic E-state index is 12.8. The topological polar surface area (TPSA) is 134 Å². The van der Waals surface area contributed by atoms with E-state index in [2.05, 4.69) is 16.0 Å². The molecule has 0 aliphatic rings. The van der Waals surface area contributed by atoms with Crippen molar-refractivity contribution < 1.29 is 29.0 Å². The standard InChI is InChI=1S/C24H29N3O6S/c28-21(25-14-13-22(29)30)12-7-15-34-17-20(23(31)26-19-10-5-2-6-11-19)27-24(32)33-16-18-8-3-1-4-9-18/h1-6,8-11,20H,7,12-17H2,(H,25,28)(H,26,31)(H,27,32)(H,29,30)/t20-/m0/s1. The van der Waals surface area contributed by atoms with Gasteiger partial charge in [-0.25, -0.2) is 4.79 Å². The molecule has 2 aromatic carbocycles. The van der Waals surface area contributed by atoms with Gasteiger partial charge in [-0.3, -0.25) is 14.4 Å². The van der Waals surface area contributed by atoms with Crippen molar-refractivity contribution in [2.24, 2.45) is 0 Å². The van der Waals surface area contributed by atoms with Crippen molar-refractivity contribution in [3.8, 4) is 0 Å². The van der Waals surface area contributed by atoms with Crippen LogP contribution in [0.5, 0.6) is 0 Å². The Kier molecular flexibility index (Phi) is 12.0. The number of ether oxygens (including phenoxy) is 1. The Morgan fingerprint density at radius 3 is 2.29 bits per heavy atom. The molecule has 0 bridgehead atoms. The lowest BCUT2D eigenvalue weighted by Gasteiger charge is -2.18. The van der Waals surface area contributed by atoms with Crippen molar-refractivity contribution in [1.82, 2.24) is 10.6 Å². The fourth-order valence-electron chi connectivity index (χ4n) is 2.77. The molecule has 182 valence electrons. The Morgan fingerprint density at radius 1 is 0.941 bits per heavy atom. The molecule has 2 rings (SSSR count). The van der Waals surface area contributed by atoms with E-state index in [9.17, 15) is 19.2 Å². The number of carboxylic acids is 1. The number of carbonyl (C=O) groups is 4. The number of hydrogen-bond acceptors (Lipinski definition) is 6. The van der Waals surface area contributed by atoms with E-state index in [1.807, 2.05) is 36.4 Å². The highest BCUT2D eigenvalue weighted by atomic mass is 32.2. The van der Waals surface area contributed by atoms with Crippen LogP contribution < -0.4 is 16.0 Å². The Bertz CT molecular complexity index is 927. The number of aliphatic carboxylic acids is 1. The predicted molar refractivity (Wildman–Crippen MR) is 130 cm³/mol. The molecule has 0 aromatic heterocycles. The number of amides is 3. The van der Waals surface area contributed by atoms with Crippen LogP contribution in [-0.2, 0) is 25.7 Å². The maximum Gasteiger partial charge on any atom is 0.408 e. The highest BCUT2D eigenvalue weighted by Gasteiger charge is 2.22. The first kappa shape index (κ1) is 26.7. The SMILES string of the molecule is O=C(O)CCNC(=O)CCCSC[C@H](NC(=O)OCc1ccccc1)C(=O)Nc1ccccc1. The van der Waals surface area contributed by atoms with Crippen LogP contribution in [0.4, 0.5) is 10.5 Å². The zero-order valence-electron chi connectivity index (χ0n) is 18.7. The molecular formula is C24H29N3O6S. The monoisotopic (exact) mass is 487 g/mol. The van der Waals surface area contributed by atoms with Crippen LogP contribution in [0.2, 0.25) is 0 Å². The van der Waals surface area contributed by atoms with Gasteiger partial charge in [0.2, 0.25) is 11.8 Å².